The van der Waals surface area contributed by atoms with E-state index in [9.17, 15) is 14.3 Å². The van der Waals surface area contributed by atoms with Crippen molar-refractivity contribution in [3.63, 3.8) is 0 Å². The Labute approximate surface area is 221 Å². The zero-order valence-electron chi connectivity index (χ0n) is 21.9. The minimum atomic E-state index is -4.33. The summed E-state index contributed by atoms with van der Waals surface area (Å²) in [7, 11) is -4.33. The number of esters is 1. The lowest BCUT2D eigenvalue weighted by Crippen LogP contribution is -2.25. The highest BCUT2D eigenvalue weighted by Crippen LogP contribution is 2.42. The zero-order valence-corrected chi connectivity index (χ0v) is 22.8. The number of carbonyl (C=O) groups excluding carboxylic acids is 1. The van der Waals surface area contributed by atoms with Crippen LogP contribution in [0.2, 0.25) is 0 Å². The van der Waals surface area contributed by atoms with E-state index in [1.165, 1.54) is 57.1 Å². The number of hydrogen-bond donors (Lipinski definition) is 3. The summed E-state index contributed by atoms with van der Waals surface area (Å²) in [5.41, 5.74) is 5.17. The average Bonchev–Trinajstić information content (AvgIpc) is 2.89. The van der Waals surface area contributed by atoms with E-state index in [-0.39, 0.29) is 13.2 Å². The maximum atomic E-state index is 11.7. The summed E-state index contributed by atoms with van der Waals surface area (Å²) in [4.78, 5) is 25.1. The first-order valence-corrected chi connectivity index (χ1v) is 14.2. The van der Waals surface area contributed by atoms with Crippen LogP contribution in [0.5, 0.6) is 0 Å². The molecule has 10 heteroatoms. The van der Waals surface area contributed by atoms with Gasteiger partial charge in [-0.25, -0.2) is 14.2 Å². The van der Waals surface area contributed by atoms with Gasteiger partial charge < -0.3 is 15.4 Å². The fraction of sp³-hybridized carbons (Fsp3) is 0.519. The molecule has 0 aromatic rings. The van der Waals surface area contributed by atoms with Crippen LogP contribution < -0.4 is 5.73 Å². The van der Waals surface area contributed by atoms with Gasteiger partial charge >= 0.3 is 13.8 Å². The molecule has 0 radical (unpaired) electrons. The van der Waals surface area contributed by atoms with Gasteiger partial charge in [-0.3, -0.25) is 14.3 Å². The van der Waals surface area contributed by atoms with Crippen molar-refractivity contribution in [2.45, 2.75) is 64.4 Å². The Morgan fingerprint density at radius 3 is 2.00 bits per heavy atom. The molecule has 0 amide bonds. The van der Waals surface area contributed by atoms with Gasteiger partial charge in [-0.1, -0.05) is 112 Å². The lowest BCUT2D eigenvalue weighted by Gasteiger charge is -2.16. The molecular formula is C27H44NO8P. The Hall–Kier alpha value is -2.10. The second-order valence-corrected chi connectivity index (χ2v) is 9.43. The van der Waals surface area contributed by atoms with Crippen molar-refractivity contribution in [2.24, 2.45) is 5.73 Å². The van der Waals surface area contributed by atoms with Crippen LogP contribution in [0.3, 0.4) is 0 Å². The number of rotatable bonds is 23. The monoisotopic (exact) mass is 541 g/mol. The van der Waals surface area contributed by atoms with E-state index in [4.69, 9.17) is 15.7 Å². The van der Waals surface area contributed by atoms with Crippen LogP contribution in [0.1, 0.15) is 58.3 Å². The quantitative estimate of drug-likeness (QED) is 0.0272. The SMILES string of the molecule is CCCCCCCCCC=CC=CC=CC=CC=CC=CC(=O)OC[C@H](COP(=O)(O)OCCN)OO. The molecule has 0 aromatic heterocycles. The van der Waals surface area contributed by atoms with Crippen molar-refractivity contribution in [3.05, 3.63) is 72.9 Å². The van der Waals surface area contributed by atoms with Crippen LogP contribution >= 0.6 is 7.82 Å². The molecule has 0 fully saturated rings. The first-order valence-electron chi connectivity index (χ1n) is 12.7. The number of phosphoric ester groups is 1. The minimum Gasteiger partial charge on any atom is -0.460 e. The fourth-order valence-corrected chi connectivity index (χ4v) is 3.52. The molecule has 4 N–H and O–H groups in total. The summed E-state index contributed by atoms with van der Waals surface area (Å²) >= 11 is 0. The van der Waals surface area contributed by atoms with Gasteiger partial charge in [0.05, 0.1) is 13.2 Å². The Morgan fingerprint density at radius 2 is 1.41 bits per heavy atom. The first-order chi connectivity index (χ1) is 17.9. The molecule has 0 heterocycles. The van der Waals surface area contributed by atoms with Crippen LogP contribution in [0, 0.1) is 0 Å². The molecule has 0 saturated heterocycles. The number of unbranched alkanes of at least 4 members (excludes halogenated alkanes) is 7. The highest BCUT2D eigenvalue weighted by atomic mass is 31.2. The summed E-state index contributed by atoms with van der Waals surface area (Å²) in [6.07, 6.45) is 31.0. The lowest BCUT2D eigenvalue weighted by molar-refractivity contribution is -0.290. The zero-order chi connectivity index (χ0) is 27.5. The standard InChI is InChI=1S/C27H44NO8P/c1-2-3-4-5-6-7-8-9-10-11-12-13-14-15-16-17-18-19-20-21-27(29)33-24-26(36-30)25-35-37(31,32)34-23-22-28/h10-21,26,30H,2-9,22-25,28H2,1H3,(H,31,32)/t26-/m1/s1. The van der Waals surface area contributed by atoms with E-state index >= 15 is 0 Å². The predicted molar refractivity (Wildman–Crippen MR) is 147 cm³/mol. The van der Waals surface area contributed by atoms with Gasteiger partial charge in [0.25, 0.3) is 0 Å². The summed E-state index contributed by atoms with van der Waals surface area (Å²) in [5, 5.41) is 8.80. The third-order valence-electron chi connectivity index (χ3n) is 4.70. The van der Waals surface area contributed by atoms with Crippen LogP contribution in [-0.4, -0.2) is 48.6 Å². The second kappa shape index (κ2) is 25.5. The second-order valence-electron chi connectivity index (χ2n) is 7.98. The summed E-state index contributed by atoms with van der Waals surface area (Å²) in [6, 6.07) is 0. The molecule has 0 aliphatic heterocycles. The number of hydrogen-bond acceptors (Lipinski definition) is 8. The predicted octanol–water partition coefficient (Wildman–Crippen LogP) is 5.96. The minimum absolute atomic E-state index is 0.0351. The number of phosphoric acid groups is 1. The maximum Gasteiger partial charge on any atom is 0.472 e. The normalized spacial score (nSPS) is 15.2. The van der Waals surface area contributed by atoms with Gasteiger partial charge in [0.1, 0.15) is 6.61 Å². The average molecular weight is 542 g/mol. The largest absolute Gasteiger partial charge is 0.472 e. The van der Waals surface area contributed by atoms with E-state index in [1.807, 2.05) is 36.5 Å². The molecule has 0 bridgehead atoms. The first kappa shape index (κ1) is 34.9. The third-order valence-corrected chi connectivity index (χ3v) is 5.68. The van der Waals surface area contributed by atoms with Gasteiger partial charge in [-0.15, -0.1) is 0 Å². The van der Waals surface area contributed by atoms with Crippen LogP contribution in [0.4, 0.5) is 0 Å². The molecule has 210 valence electrons. The van der Waals surface area contributed by atoms with Crippen molar-refractivity contribution in [1.82, 2.24) is 0 Å². The number of allylic oxidation sites excluding steroid dienone is 11. The van der Waals surface area contributed by atoms with Gasteiger partial charge in [0.15, 0.2) is 6.10 Å². The molecule has 9 nitrogen and oxygen atoms in total. The van der Waals surface area contributed by atoms with Crippen LogP contribution in [-0.2, 0) is 28.0 Å². The topological polar surface area (TPSA) is 138 Å². The number of nitrogens with two attached hydrogens (primary N) is 1. The molecule has 1 unspecified atom stereocenters. The van der Waals surface area contributed by atoms with E-state index < -0.39 is 33.1 Å². The van der Waals surface area contributed by atoms with E-state index in [2.05, 4.69) is 33.0 Å². The fourth-order valence-electron chi connectivity index (χ4n) is 2.76. The van der Waals surface area contributed by atoms with E-state index in [1.54, 1.807) is 12.2 Å². The van der Waals surface area contributed by atoms with Crippen molar-refractivity contribution >= 4 is 13.8 Å². The molecule has 2 atom stereocenters. The van der Waals surface area contributed by atoms with Gasteiger partial charge in [0.2, 0.25) is 0 Å². The molecule has 0 saturated carbocycles. The Bertz CT molecular complexity index is 789. The van der Waals surface area contributed by atoms with Crippen molar-refractivity contribution in [2.75, 3.05) is 26.4 Å². The molecule has 0 aliphatic rings. The van der Waals surface area contributed by atoms with Gasteiger partial charge in [0, 0.05) is 12.6 Å². The molecule has 0 aromatic carbocycles. The molecule has 0 spiro atoms. The van der Waals surface area contributed by atoms with Gasteiger partial charge in [-0.05, 0) is 12.8 Å². The van der Waals surface area contributed by atoms with Crippen molar-refractivity contribution in [1.29, 1.82) is 0 Å². The number of ether oxygens (including phenoxy) is 1. The maximum absolute atomic E-state index is 11.7. The van der Waals surface area contributed by atoms with E-state index in [0.29, 0.717) is 0 Å². The smallest absolute Gasteiger partial charge is 0.460 e. The lowest BCUT2D eigenvalue weighted by atomic mass is 10.1. The molecule has 37 heavy (non-hydrogen) atoms. The van der Waals surface area contributed by atoms with Crippen molar-refractivity contribution < 1.29 is 38.2 Å². The Balaban J connectivity index is 3.99. The molecule has 0 aliphatic carbocycles. The molecular weight excluding hydrogens is 497 g/mol. The van der Waals surface area contributed by atoms with E-state index in [0.717, 1.165) is 6.42 Å². The highest BCUT2D eigenvalue weighted by molar-refractivity contribution is 7.47. The third kappa shape index (κ3) is 25.3. The summed E-state index contributed by atoms with van der Waals surface area (Å²) in [6.45, 7) is 1.17. The van der Waals surface area contributed by atoms with Crippen LogP contribution in [0.15, 0.2) is 72.9 Å². The Morgan fingerprint density at radius 1 is 0.838 bits per heavy atom. The molecule has 0 rings (SSSR count). The van der Waals surface area contributed by atoms with Crippen molar-refractivity contribution in [3.8, 4) is 0 Å². The highest BCUT2D eigenvalue weighted by Gasteiger charge is 2.24. The van der Waals surface area contributed by atoms with Crippen LogP contribution in [0.25, 0.3) is 0 Å². The summed E-state index contributed by atoms with van der Waals surface area (Å²) < 4.78 is 25.5. The number of carbonyl (C=O) groups is 1. The summed E-state index contributed by atoms with van der Waals surface area (Å²) in [5.74, 6) is -0.688. The van der Waals surface area contributed by atoms with Gasteiger partial charge in [-0.2, -0.15) is 0 Å². The Kier molecular flexibility index (Phi) is 24.1.